The van der Waals surface area contributed by atoms with Crippen LogP contribution in [0.15, 0.2) is 41.3 Å². The number of anilines is 2. The minimum Gasteiger partial charge on any atom is -0.504 e. The van der Waals surface area contributed by atoms with Crippen LogP contribution in [0.3, 0.4) is 0 Å². The molecule has 2 N–H and O–H groups in total. The summed E-state index contributed by atoms with van der Waals surface area (Å²) in [5, 5.41) is 9.45. The number of aldehydes is 1. The van der Waals surface area contributed by atoms with E-state index in [9.17, 15) is 22.7 Å². The van der Waals surface area contributed by atoms with Crippen LogP contribution in [0.4, 0.5) is 15.2 Å². The summed E-state index contributed by atoms with van der Waals surface area (Å²) in [6, 6.07) is 9.22. The highest BCUT2D eigenvalue weighted by Gasteiger charge is 2.21. The molecule has 0 aliphatic carbocycles. The summed E-state index contributed by atoms with van der Waals surface area (Å²) >= 11 is 0.838. The Balaban J connectivity index is 1.54. The average Bonchev–Trinajstić information content (AvgIpc) is 3.42. The summed E-state index contributed by atoms with van der Waals surface area (Å²) in [5.41, 5.74) is 1.39. The quantitative estimate of drug-likeness (QED) is 0.557. The van der Waals surface area contributed by atoms with Crippen LogP contribution in [0.2, 0.25) is 0 Å². The molecule has 2 heterocycles. The number of carbonyl (C=O) groups excluding carboxylic acids is 1. The van der Waals surface area contributed by atoms with Crippen LogP contribution in [0.1, 0.15) is 23.2 Å². The SMILES string of the molecule is O=Cc1cc(S(=O)(=O)Nc2nc(-c3ccc(N4CCCC4)cc3)ns2)cc(F)c1O. The van der Waals surface area contributed by atoms with Crippen molar-refractivity contribution in [3.8, 4) is 17.1 Å². The first kappa shape index (κ1) is 20.2. The number of phenols is 1. The third-order valence-electron chi connectivity index (χ3n) is 4.75. The Kier molecular flexibility index (Phi) is 5.39. The fourth-order valence-electron chi connectivity index (χ4n) is 3.19. The molecule has 11 heteroatoms. The van der Waals surface area contributed by atoms with Gasteiger partial charge in [0.2, 0.25) is 5.13 Å². The number of aromatic hydroxyl groups is 1. The zero-order valence-electron chi connectivity index (χ0n) is 15.6. The molecule has 3 aromatic rings. The van der Waals surface area contributed by atoms with Crippen LogP contribution in [-0.2, 0) is 10.0 Å². The van der Waals surface area contributed by atoms with Gasteiger partial charge in [0.1, 0.15) is 0 Å². The predicted octanol–water partition coefficient (Wildman–Crippen LogP) is 3.26. The third kappa shape index (κ3) is 3.98. The molecule has 156 valence electrons. The highest BCUT2D eigenvalue weighted by Crippen LogP contribution is 2.28. The van der Waals surface area contributed by atoms with Gasteiger partial charge in [-0.25, -0.2) is 12.8 Å². The Labute approximate surface area is 176 Å². The summed E-state index contributed by atoms with van der Waals surface area (Å²) < 4.78 is 45.2. The molecule has 0 unspecified atom stereocenters. The smallest absolute Gasteiger partial charge is 0.263 e. The summed E-state index contributed by atoms with van der Waals surface area (Å²) in [4.78, 5) is 16.9. The average molecular weight is 449 g/mol. The Morgan fingerprint density at radius 3 is 2.53 bits per heavy atom. The van der Waals surface area contributed by atoms with Gasteiger partial charge in [0.05, 0.1) is 10.5 Å². The molecule has 30 heavy (non-hydrogen) atoms. The Hall–Kier alpha value is -3.05. The number of phenolic OH excluding ortho intramolecular Hbond substituents is 1. The van der Waals surface area contributed by atoms with E-state index in [1.165, 1.54) is 12.8 Å². The normalized spacial score (nSPS) is 14.1. The number of benzene rings is 2. The van der Waals surface area contributed by atoms with Gasteiger partial charge in [-0.15, -0.1) is 0 Å². The van der Waals surface area contributed by atoms with Gasteiger partial charge in [-0.05, 0) is 49.2 Å². The lowest BCUT2D eigenvalue weighted by atomic mass is 10.2. The maximum absolute atomic E-state index is 13.7. The highest BCUT2D eigenvalue weighted by atomic mass is 32.2. The van der Waals surface area contributed by atoms with Crippen LogP contribution >= 0.6 is 11.5 Å². The standard InChI is InChI=1S/C19H17FN4O4S2/c20-16-10-15(9-13(11-25)17(16)26)30(27,28)23-19-21-18(22-29-19)12-3-5-14(6-4-12)24-7-1-2-8-24/h3-6,9-11,26H,1-2,7-8H2,(H,21,22,23). The van der Waals surface area contributed by atoms with Crippen LogP contribution in [0, 0.1) is 5.82 Å². The first-order valence-corrected chi connectivity index (χ1v) is 11.3. The first-order valence-electron chi connectivity index (χ1n) is 9.07. The third-order valence-corrected chi connectivity index (χ3v) is 6.83. The summed E-state index contributed by atoms with van der Waals surface area (Å²) in [5.74, 6) is -1.76. The Morgan fingerprint density at radius 1 is 1.17 bits per heavy atom. The Bertz CT molecular complexity index is 1190. The second-order valence-corrected chi connectivity index (χ2v) is 9.16. The molecule has 1 aliphatic heterocycles. The summed E-state index contributed by atoms with van der Waals surface area (Å²) in [6.45, 7) is 2.06. The van der Waals surface area contributed by atoms with Crippen molar-refractivity contribution in [3.63, 3.8) is 0 Å². The van der Waals surface area contributed by atoms with Crippen molar-refractivity contribution in [2.75, 3.05) is 22.7 Å². The lowest BCUT2D eigenvalue weighted by molar-refractivity contribution is 0.112. The molecule has 0 saturated carbocycles. The minimum absolute atomic E-state index is 0.00486. The van der Waals surface area contributed by atoms with Gasteiger partial charge in [0.25, 0.3) is 10.0 Å². The van der Waals surface area contributed by atoms with Gasteiger partial charge in [0.15, 0.2) is 23.7 Å². The van der Waals surface area contributed by atoms with Crippen molar-refractivity contribution in [2.45, 2.75) is 17.7 Å². The van der Waals surface area contributed by atoms with E-state index in [0.717, 1.165) is 41.9 Å². The molecule has 1 saturated heterocycles. The second kappa shape index (κ2) is 8.00. The molecule has 1 aliphatic rings. The van der Waals surface area contributed by atoms with Crippen molar-refractivity contribution in [2.24, 2.45) is 0 Å². The van der Waals surface area contributed by atoms with Gasteiger partial charge in [-0.2, -0.15) is 9.36 Å². The molecule has 1 aromatic heterocycles. The van der Waals surface area contributed by atoms with Crippen molar-refractivity contribution >= 4 is 38.7 Å². The van der Waals surface area contributed by atoms with Crippen molar-refractivity contribution in [3.05, 3.63) is 47.8 Å². The highest BCUT2D eigenvalue weighted by molar-refractivity contribution is 7.93. The van der Waals surface area contributed by atoms with E-state index in [0.29, 0.717) is 11.9 Å². The molecule has 8 nitrogen and oxygen atoms in total. The number of carbonyl (C=O) groups is 1. The van der Waals surface area contributed by atoms with Gasteiger partial charge in [-0.3, -0.25) is 9.52 Å². The molecular weight excluding hydrogens is 431 g/mol. The molecule has 0 spiro atoms. The maximum atomic E-state index is 13.7. The van der Waals surface area contributed by atoms with Gasteiger partial charge in [0, 0.05) is 35.9 Å². The number of halogens is 1. The number of aromatic nitrogens is 2. The fraction of sp³-hybridized carbons (Fsp3) is 0.211. The first-order chi connectivity index (χ1) is 14.4. The van der Waals surface area contributed by atoms with Gasteiger partial charge < -0.3 is 10.0 Å². The lowest BCUT2D eigenvalue weighted by Gasteiger charge is -2.17. The van der Waals surface area contributed by atoms with E-state index >= 15 is 0 Å². The molecule has 1 fully saturated rings. The number of hydrogen-bond donors (Lipinski definition) is 2. The summed E-state index contributed by atoms with van der Waals surface area (Å²) in [7, 11) is -4.23. The minimum atomic E-state index is -4.23. The van der Waals surface area contributed by atoms with Crippen LogP contribution in [0.5, 0.6) is 5.75 Å². The van der Waals surface area contributed by atoms with Crippen LogP contribution < -0.4 is 9.62 Å². The number of nitrogens with one attached hydrogen (secondary N) is 1. The molecule has 0 amide bonds. The van der Waals surface area contributed by atoms with E-state index < -0.39 is 32.0 Å². The predicted molar refractivity (Wildman–Crippen MR) is 111 cm³/mol. The molecular formula is C19H17FN4O4S2. The van der Waals surface area contributed by atoms with Crippen LogP contribution in [0.25, 0.3) is 11.4 Å². The molecule has 2 aromatic carbocycles. The summed E-state index contributed by atoms with van der Waals surface area (Å²) in [6.07, 6.45) is 2.53. The second-order valence-electron chi connectivity index (χ2n) is 6.73. The van der Waals surface area contributed by atoms with E-state index in [1.807, 2.05) is 24.3 Å². The monoisotopic (exact) mass is 448 g/mol. The number of sulfonamides is 1. The molecule has 0 atom stereocenters. The molecule has 0 radical (unpaired) electrons. The topological polar surface area (TPSA) is 112 Å². The van der Waals surface area contributed by atoms with Crippen LogP contribution in [-0.4, -0.2) is 42.3 Å². The number of nitrogens with zero attached hydrogens (tertiary/aromatic N) is 3. The zero-order valence-corrected chi connectivity index (χ0v) is 17.2. The van der Waals surface area contributed by atoms with Crippen molar-refractivity contribution in [1.29, 1.82) is 0 Å². The fourth-order valence-corrected chi connectivity index (χ4v) is 5.05. The number of rotatable bonds is 6. The largest absolute Gasteiger partial charge is 0.504 e. The molecule has 0 bridgehead atoms. The lowest BCUT2D eigenvalue weighted by Crippen LogP contribution is -2.17. The van der Waals surface area contributed by atoms with E-state index in [1.54, 1.807) is 0 Å². The van der Waals surface area contributed by atoms with Gasteiger partial charge in [-0.1, -0.05) is 0 Å². The van der Waals surface area contributed by atoms with Gasteiger partial charge >= 0.3 is 0 Å². The van der Waals surface area contributed by atoms with Crippen molar-refractivity contribution < 1.29 is 22.7 Å². The van der Waals surface area contributed by atoms with E-state index in [2.05, 4.69) is 19.0 Å². The van der Waals surface area contributed by atoms with E-state index in [4.69, 9.17) is 0 Å². The maximum Gasteiger partial charge on any atom is 0.263 e. The molecule has 4 rings (SSSR count). The van der Waals surface area contributed by atoms with Crippen molar-refractivity contribution in [1.82, 2.24) is 9.36 Å². The number of hydrogen-bond acceptors (Lipinski definition) is 8. The Morgan fingerprint density at radius 2 is 1.87 bits per heavy atom. The zero-order chi connectivity index (χ0) is 21.3. The van der Waals surface area contributed by atoms with E-state index in [-0.39, 0.29) is 11.4 Å².